The number of benzene rings is 1. The number of rotatable bonds is 7. The van der Waals surface area contributed by atoms with Gasteiger partial charge in [-0.05, 0) is 43.5 Å². The molecule has 1 aromatic carbocycles. The lowest BCUT2D eigenvalue weighted by Gasteiger charge is -2.36. The number of fused-ring (bicyclic) bond motifs is 1. The molecule has 0 unspecified atom stereocenters. The summed E-state index contributed by atoms with van der Waals surface area (Å²) in [7, 11) is 1.61. The number of hydrogen-bond donors (Lipinski definition) is 3. The third kappa shape index (κ3) is 5.16. The summed E-state index contributed by atoms with van der Waals surface area (Å²) in [5.41, 5.74) is 2.83. The second kappa shape index (κ2) is 9.76. The van der Waals surface area contributed by atoms with Crippen LogP contribution < -0.4 is 15.5 Å². The molecule has 0 bridgehead atoms. The molecule has 4 rings (SSSR count). The zero-order valence-corrected chi connectivity index (χ0v) is 18.7. The van der Waals surface area contributed by atoms with Gasteiger partial charge in [-0.1, -0.05) is 6.92 Å². The maximum atomic E-state index is 11.8. The largest absolute Gasteiger partial charge is 0.465 e. The first-order valence-electron chi connectivity index (χ1n) is 11.1. The zero-order chi connectivity index (χ0) is 23.4. The predicted molar refractivity (Wildman–Crippen MR) is 126 cm³/mol. The van der Waals surface area contributed by atoms with Gasteiger partial charge < -0.3 is 30.0 Å². The molecular weight excluding hydrogens is 424 g/mol. The normalized spacial score (nSPS) is 14.3. The van der Waals surface area contributed by atoms with Crippen LogP contribution in [0.3, 0.4) is 0 Å². The van der Waals surface area contributed by atoms with E-state index in [0.717, 1.165) is 17.8 Å². The number of anilines is 4. The number of aromatic nitrogens is 2. The van der Waals surface area contributed by atoms with Gasteiger partial charge in [0.1, 0.15) is 5.52 Å². The number of hydrogen-bond acceptors (Lipinski definition) is 7. The fourth-order valence-electron chi connectivity index (χ4n) is 3.96. The molecule has 1 fully saturated rings. The molecule has 33 heavy (non-hydrogen) atoms. The summed E-state index contributed by atoms with van der Waals surface area (Å²) in [5.74, 6) is 1.12. The third-order valence-electron chi connectivity index (χ3n) is 5.80. The van der Waals surface area contributed by atoms with E-state index in [4.69, 9.17) is 9.40 Å². The summed E-state index contributed by atoms with van der Waals surface area (Å²) in [4.78, 5) is 35.8. The average Bonchev–Trinajstić information content (AvgIpc) is 3.28. The van der Waals surface area contributed by atoms with E-state index in [-0.39, 0.29) is 11.9 Å². The Morgan fingerprint density at radius 2 is 1.85 bits per heavy atom. The molecule has 0 aliphatic carbocycles. The zero-order valence-electron chi connectivity index (χ0n) is 18.7. The smallest absolute Gasteiger partial charge is 0.407 e. The Morgan fingerprint density at radius 3 is 2.52 bits per heavy atom. The Balaban J connectivity index is 1.49. The highest BCUT2D eigenvalue weighted by molar-refractivity contribution is 5.91. The second-order valence-electron chi connectivity index (χ2n) is 8.12. The van der Waals surface area contributed by atoms with Crippen LogP contribution in [-0.2, 0) is 4.79 Å². The van der Waals surface area contributed by atoms with Crippen molar-refractivity contribution in [3.05, 3.63) is 36.6 Å². The lowest BCUT2D eigenvalue weighted by Crippen LogP contribution is -2.45. The second-order valence-corrected chi connectivity index (χ2v) is 8.12. The van der Waals surface area contributed by atoms with Crippen molar-refractivity contribution >= 4 is 46.2 Å². The van der Waals surface area contributed by atoms with Crippen molar-refractivity contribution in [3.63, 3.8) is 0 Å². The van der Waals surface area contributed by atoms with E-state index >= 15 is 0 Å². The molecule has 0 saturated carbocycles. The quantitative estimate of drug-likeness (QED) is 0.485. The number of amides is 2. The van der Waals surface area contributed by atoms with E-state index in [0.29, 0.717) is 55.2 Å². The van der Waals surface area contributed by atoms with E-state index in [1.54, 1.807) is 19.4 Å². The molecule has 1 saturated heterocycles. The first-order chi connectivity index (χ1) is 15.9. The molecule has 0 radical (unpaired) electrons. The minimum atomic E-state index is -0.911. The van der Waals surface area contributed by atoms with E-state index in [1.807, 2.05) is 31.2 Å². The van der Waals surface area contributed by atoms with Gasteiger partial charge in [0.15, 0.2) is 11.4 Å². The Bertz CT molecular complexity index is 1120. The number of furan rings is 1. The van der Waals surface area contributed by atoms with Crippen LogP contribution in [0.2, 0.25) is 0 Å². The van der Waals surface area contributed by atoms with Crippen LogP contribution >= 0.6 is 0 Å². The molecule has 0 spiro atoms. The SMILES string of the molecule is CCCC(=O)Nc1ccc(Nc2nc(N3CCC(N(C)C(=O)O)CC3)c3occc3n2)cc1. The molecule has 2 aromatic heterocycles. The summed E-state index contributed by atoms with van der Waals surface area (Å²) in [5, 5.41) is 15.3. The van der Waals surface area contributed by atoms with Crippen molar-refractivity contribution in [3.8, 4) is 0 Å². The number of carbonyl (C=O) groups is 2. The van der Waals surface area contributed by atoms with E-state index in [2.05, 4.69) is 20.5 Å². The monoisotopic (exact) mass is 452 g/mol. The molecule has 3 heterocycles. The fourth-order valence-corrected chi connectivity index (χ4v) is 3.96. The Kier molecular flexibility index (Phi) is 6.62. The number of nitrogens with one attached hydrogen (secondary N) is 2. The molecule has 1 aliphatic rings. The maximum absolute atomic E-state index is 11.8. The van der Waals surface area contributed by atoms with Gasteiger partial charge in [0.25, 0.3) is 0 Å². The maximum Gasteiger partial charge on any atom is 0.407 e. The highest BCUT2D eigenvalue weighted by atomic mass is 16.4. The van der Waals surface area contributed by atoms with Crippen molar-refractivity contribution < 1.29 is 19.1 Å². The lowest BCUT2D eigenvalue weighted by atomic mass is 10.0. The Labute approximate surface area is 191 Å². The molecule has 0 atom stereocenters. The van der Waals surface area contributed by atoms with Gasteiger partial charge in [-0.25, -0.2) is 9.78 Å². The minimum absolute atomic E-state index is 0.00471. The first kappa shape index (κ1) is 22.4. The summed E-state index contributed by atoms with van der Waals surface area (Å²) >= 11 is 0. The van der Waals surface area contributed by atoms with Gasteiger partial charge in [-0.3, -0.25) is 4.79 Å². The molecule has 2 amide bonds. The summed E-state index contributed by atoms with van der Waals surface area (Å²) in [6.45, 7) is 3.30. The van der Waals surface area contributed by atoms with Crippen LogP contribution in [0, 0.1) is 0 Å². The minimum Gasteiger partial charge on any atom is -0.465 e. The van der Waals surface area contributed by atoms with Crippen LogP contribution in [0.25, 0.3) is 11.1 Å². The van der Waals surface area contributed by atoms with Crippen LogP contribution in [0.5, 0.6) is 0 Å². The van der Waals surface area contributed by atoms with Gasteiger partial charge in [0.05, 0.1) is 6.26 Å². The Morgan fingerprint density at radius 1 is 1.15 bits per heavy atom. The topological polar surface area (TPSA) is 124 Å². The van der Waals surface area contributed by atoms with E-state index in [9.17, 15) is 14.7 Å². The van der Waals surface area contributed by atoms with Crippen molar-refractivity contribution in [2.24, 2.45) is 0 Å². The Hall–Kier alpha value is -3.82. The van der Waals surface area contributed by atoms with Gasteiger partial charge in [0, 0.05) is 50.0 Å². The summed E-state index contributed by atoms with van der Waals surface area (Å²) in [6, 6.07) is 9.16. The van der Waals surface area contributed by atoms with Crippen molar-refractivity contribution in [2.45, 2.75) is 38.6 Å². The predicted octanol–water partition coefficient (Wildman–Crippen LogP) is 4.28. The van der Waals surface area contributed by atoms with Crippen molar-refractivity contribution in [1.82, 2.24) is 14.9 Å². The number of carboxylic acid groups (broad SMARTS) is 1. The molecule has 3 aromatic rings. The van der Waals surface area contributed by atoms with Crippen LogP contribution in [-0.4, -0.2) is 58.2 Å². The molecule has 3 N–H and O–H groups in total. The van der Waals surface area contributed by atoms with Crippen LogP contribution in [0.4, 0.5) is 27.9 Å². The molecule has 10 heteroatoms. The van der Waals surface area contributed by atoms with Gasteiger partial charge >= 0.3 is 6.09 Å². The molecule has 10 nitrogen and oxygen atoms in total. The molecule has 174 valence electrons. The van der Waals surface area contributed by atoms with Gasteiger partial charge in [-0.2, -0.15) is 4.98 Å². The summed E-state index contributed by atoms with van der Waals surface area (Å²) in [6.07, 6.45) is 3.39. The van der Waals surface area contributed by atoms with Crippen LogP contribution in [0.15, 0.2) is 41.0 Å². The highest BCUT2D eigenvalue weighted by Crippen LogP contribution is 2.30. The van der Waals surface area contributed by atoms with Crippen molar-refractivity contribution in [2.75, 3.05) is 35.7 Å². The number of nitrogens with zero attached hydrogens (tertiary/aromatic N) is 4. The fraction of sp³-hybridized carbons (Fsp3) is 0.391. The average molecular weight is 453 g/mol. The third-order valence-corrected chi connectivity index (χ3v) is 5.80. The van der Waals surface area contributed by atoms with Crippen molar-refractivity contribution in [1.29, 1.82) is 0 Å². The standard InChI is InChI=1S/C23H28N6O4/c1-3-4-19(30)24-15-5-7-16(8-6-15)25-22-26-18-11-14-33-20(18)21(27-22)29-12-9-17(10-13-29)28(2)23(31)32/h5-8,11,14,17H,3-4,9-10,12-13H2,1-2H3,(H,24,30)(H,31,32)(H,25,26,27). The van der Waals surface area contributed by atoms with E-state index < -0.39 is 6.09 Å². The molecule has 1 aliphatic heterocycles. The van der Waals surface area contributed by atoms with Crippen LogP contribution in [0.1, 0.15) is 32.6 Å². The first-order valence-corrected chi connectivity index (χ1v) is 11.1. The van der Waals surface area contributed by atoms with Gasteiger partial charge in [-0.15, -0.1) is 0 Å². The lowest BCUT2D eigenvalue weighted by molar-refractivity contribution is -0.116. The summed E-state index contributed by atoms with van der Waals surface area (Å²) < 4.78 is 5.65. The molecular formula is C23H28N6O4. The van der Waals surface area contributed by atoms with Gasteiger partial charge in [0.2, 0.25) is 11.9 Å². The highest BCUT2D eigenvalue weighted by Gasteiger charge is 2.27. The number of piperidine rings is 1. The number of carbonyl (C=O) groups excluding carboxylic acids is 1. The van der Waals surface area contributed by atoms with E-state index in [1.165, 1.54) is 4.90 Å².